The standard InChI is InChI=1S/C13H20N2O2S/c1-9-15-12(8-18-9)5-6-14-11-4-2-3-10(7-11)13(16)17/h8,10-11,14H,2-7H2,1H3,(H,16,17). The summed E-state index contributed by atoms with van der Waals surface area (Å²) >= 11 is 1.68. The molecule has 5 heteroatoms. The van der Waals surface area contributed by atoms with Crippen molar-refractivity contribution < 1.29 is 9.90 Å². The monoisotopic (exact) mass is 268 g/mol. The fraction of sp³-hybridized carbons (Fsp3) is 0.692. The molecule has 2 rings (SSSR count). The normalized spacial score (nSPS) is 24.1. The van der Waals surface area contributed by atoms with Crippen molar-refractivity contribution in [2.45, 2.75) is 45.1 Å². The first kappa shape index (κ1) is 13.5. The van der Waals surface area contributed by atoms with Crippen LogP contribution in [0.25, 0.3) is 0 Å². The van der Waals surface area contributed by atoms with E-state index in [1.165, 1.54) is 0 Å². The van der Waals surface area contributed by atoms with Gasteiger partial charge in [0.15, 0.2) is 0 Å². The lowest BCUT2D eigenvalue weighted by molar-refractivity contribution is -0.143. The van der Waals surface area contributed by atoms with E-state index in [2.05, 4.69) is 15.7 Å². The van der Waals surface area contributed by atoms with E-state index in [1.54, 1.807) is 11.3 Å². The number of carboxylic acids is 1. The molecule has 1 aromatic rings. The van der Waals surface area contributed by atoms with Gasteiger partial charge in [0.05, 0.1) is 16.6 Å². The van der Waals surface area contributed by atoms with Crippen molar-refractivity contribution in [1.29, 1.82) is 0 Å². The third kappa shape index (κ3) is 3.78. The zero-order chi connectivity index (χ0) is 13.0. The highest BCUT2D eigenvalue weighted by Gasteiger charge is 2.26. The van der Waals surface area contributed by atoms with Crippen molar-refractivity contribution in [3.05, 3.63) is 16.1 Å². The van der Waals surface area contributed by atoms with Gasteiger partial charge in [-0.3, -0.25) is 4.79 Å². The van der Waals surface area contributed by atoms with Crippen LogP contribution in [-0.2, 0) is 11.2 Å². The minimum absolute atomic E-state index is 0.155. The predicted molar refractivity (Wildman–Crippen MR) is 71.9 cm³/mol. The lowest BCUT2D eigenvalue weighted by Crippen LogP contribution is -2.37. The maximum atomic E-state index is 11.0. The molecular formula is C13H20N2O2S. The van der Waals surface area contributed by atoms with E-state index in [0.29, 0.717) is 6.04 Å². The number of aryl methyl sites for hydroxylation is 1. The molecule has 0 aliphatic heterocycles. The molecule has 0 saturated heterocycles. The van der Waals surface area contributed by atoms with Crippen LogP contribution >= 0.6 is 11.3 Å². The molecule has 2 unspecified atom stereocenters. The summed E-state index contributed by atoms with van der Waals surface area (Å²) < 4.78 is 0. The topological polar surface area (TPSA) is 62.2 Å². The van der Waals surface area contributed by atoms with Crippen LogP contribution in [0.15, 0.2) is 5.38 Å². The van der Waals surface area contributed by atoms with Crippen molar-refractivity contribution in [1.82, 2.24) is 10.3 Å². The van der Waals surface area contributed by atoms with Gasteiger partial charge in [-0.25, -0.2) is 4.98 Å². The molecule has 1 heterocycles. The summed E-state index contributed by atoms with van der Waals surface area (Å²) in [5.41, 5.74) is 1.13. The SMILES string of the molecule is Cc1nc(CCNC2CCCC(C(=O)O)C2)cs1. The molecule has 1 fully saturated rings. The Morgan fingerprint density at radius 1 is 1.61 bits per heavy atom. The quantitative estimate of drug-likeness (QED) is 0.859. The smallest absolute Gasteiger partial charge is 0.306 e. The van der Waals surface area contributed by atoms with Gasteiger partial charge >= 0.3 is 5.97 Å². The van der Waals surface area contributed by atoms with Crippen molar-refractivity contribution in [2.75, 3.05) is 6.54 Å². The van der Waals surface area contributed by atoms with Crippen LogP contribution in [0.4, 0.5) is 0 Å². The van der Waals surface area contributed by atoms with Crippen LogP contribution in [0.3, 0.4) is 0 Å². The second kappa shape index (κ2) is 6.29. The minimum atomic E-state index is -0.642. The van der Waals surface area contributed by atoms with Crippen LogP contribution in [0, 0.1) is 12.8 Å². The van der Waals surface area contributed by atoms with Gasteiger partial charge in [-0.05, 0) is 26.2 Å². The highest BCUT2D eigenvalue weighted by atomic mass is 32.1. The van der Waals surface area contributed by atoms with E-state index in [9.17, 15) is 4.79 Å². The second-order valence-corrected chi connectivity index (χ2v) is 6.02. The van der Waals surface area contributed by atoms with Gasteiger partial charge in [0.1, 0.15) is 0 Å². The largest absolute Gasteiger partial charge is 0.481 e. The van der Waals surface area contributed by atoms with Crippen molar-refractivity contribution >= 4 is 17.3 Å². The van der Waals surface area contributed by atoms with Crippen LogP contribution < -0.4 is 5.32 Å². The predicted octanol–water partition coefficient (Wildman–Crippen LogP) is 2.23. The van der Waals surface area contributed by atoms with Crippen molar-refractivity contribution in [3.63, 3.8) is 0 Å². The summed E-state index contributed by atoms with van der Waals surface area (Å²) in [5, 5.41) is 15.7. The summed E-state index contributed by atoms with van der Waals surface area (Å²) in [4.78, 5) is 15.4. The molecule has 0 radical (unpaired) electrons. The maximum Gasteiger partial charge on any atom is 0.306 e. The molecule has 2 N–H and O–H groups in total. The fourth-order valence-corrected chi connectivity index (χ4v) is 3.17. The molecule has 0 amide bonds. The van der Waals surface area contributed by atoms with E-state index >= 15 is 0 Å². The number of nitrogens with zero attached hydrogens (tertiary/aromatic N) is 1. The van der Waals surface area contributed by atoms with E-state index in [4.69, 9.17) is 5.11 Å². The zero-order valence-corrected chi connectivity index (χ0v) is 11.5. The molecule has 2 atom stereocenters. The Kier molecular flexibility index (Phi) is 4.72. The first-order valence-corrected chi connectivity index (χ1v) is 7.40. The molecule has 0 spiro atoms. The van der Waals surface area contributed by atoms with E-state index in [-0.39, 0.29) is 5.92 Å². The van der Waals surface area contributed by atoms with E-state index < -0.39 is 5.97 Å². The lowest BCUT2D eigenvalue weighted by atomic mass is 9.86. The Morgan fingerprint density at radius 3 is 3.11 bits per heavy atom. The molecule has 4 nitrogen and oxygen atoms in total. The van der Waals surface area contributed by atoms with Crippen molar-refractivity contribution in [3.8, 4) is 0 Å². The van der Waals surface area contributed by atoms with Gasteiger partial charge in [0, 0.05) is 24.4 Å². The maximum absolute atomic E-state index is 11.0. The Morgan fingerprint density at radius 2 is 2.44 bits per heavy atom. The Hall–Kier alpha value is -0.940. The summed E-state index contributed by atoms with van der Waals surface area (Å²) in [6.07, 6.45) is 4.65. The summed E-state index contributed by atoms with van der Waals surface area (Å²) in [6.45, 7) is 2.90. The van der Waals surface area contributed by atoms with Gasteiger partial charge in [-0.15, -0.1) is 11.3 Å². The highest BCUT2D eigenvalue weighted by molar-refractivity contribution is 7.09. The average Bonchev–Trinajstić information content (AvgIpc) is 2.75. The number of nitrogens with one attached hydrogen (secondary N) is 1. The number of carboxylic acid groups (broad SMARTS) is 1. The summed E-state index contributed by atoms with van der Waals surface area (Å²) in [5.74, 6) is -0.797. The van der Waals surface area contributed by atoms with E-state index in [1.807, 2.05) is 6.92 Å². The molecule has 0 aromatic carbocycles. The van der Waals surface area contributed by atoms with E-state index in [0.717, 1.165) is 49.4 Å². The third-order valence-corrected chi connectivity index (χ3v) is 4.33. The Bertz CT molecular complexity index is 405. The van der Waals surface area contributed by atoms with Crippen LogP contribution in [-0.4, -0.2) is 28.6 Å². The molecule has 1 aliphatic rings. The number of aromatic nitrogens is 1. The second-order valence-electron chi connectivity index (χ2n) is 4.96. The summed E-state index contributed by atoms with van der Waals surface area (Å²) in [7, 11) is 0. The average molecular weight is 268 g/mol. The molecule has 18 heavy (non-hydrogen) atoms. The number of rotatable bonds is 5. The van der Waals surface area contributed by atoms with Crippen LogP contribution in [0.2, 0.25) is 0 Å². The molecule has 0 bridgehead atoms. The van der Waals surface area contributed by atoms with Gasteiger partial charge in [-0.1, -0.05) is 6.42 Å². The van der Waals surface area contributed by atoms with Gasteiger partial charge in [0.2, 0.25) is 0 Å². The molecule has 1 aliphatic carbocycles. The van der Waals surface area contributed by atoms with Gasteiger partial charge in [0.25, 0.3) is 0 Å². The Balaban J connectivity index is 1.71. The van der Waals surface area contributed by atoms with Crippen LogP contribution in [0.1, 0.15) is 36.4 Å². The minimum Gasteiger partial charge on any atom is -0.481 e. The molecular weight excluding hydrogens is 248 g/mol. The molecule has 1 saturated carbocycles. The van der Waals surface area contributed by atoms with Gasteiger partial charge in [-0.2, -0.15) is 0 Å². The third-order valence-electron chi connectivity index (χ3n) is 3.50. The fourth-order valence-electron chi connectivity index (χ4n) is 2.53. The number of thiazole rings is 1. The first-order valence-electron chi connectivity index (χ1n) is 6.52. The number of carbonyl (C=O) groups is 1. The lowest BCUT2D eigenvalue weighted by Gasteiger charge is -2.27. The molecule has 100 valence electrons. The van der Waals surface area contributed by atoms with Gasteiger partial charge < -0.3 is 10.4 Å². The first-order chi connectivity index (χ1) is 8.65. The zero-order valence-electron chi connectivity index (χ0n) is 10.7. The number of hydrogen-bond acceptors (Lipinski definition) is 4. The number of aliphatic carboxylic acids is 1. The van der Waals surface area contributed by atoms with Crippen molar-refractivity contribution in [2.24, 2.45) is 5.92 Å². The summed E-state index contributed by atoms with van der Waals surface area (Å²) in [6, 6.07) is 0.361. The van der Waals surface area contributed by atoms with Crippen LogP contribution in [0.5, 0.6) is 0 Å². The Labute approximate surface area is 111 Å². The highest BCUT2D eigenvalue weighted by Crippen LogP contribution is 2.24. The molecule has 1 aromatic heterocycles. The number of hydrogen-bond donors (Lipinski definition) is 2.